The number of hydrogen-bond acceptors (Lipinski definition) is 4. The minimum atomic E-state index is 0.433. The molecule has 22 heavy (non-hydrogen) atoms. The van der Waals surface area contributed by atoms with E-state index >= 15 is 0 Å². The molecule has 0 spiro atoms. The van der Waals surface area contributed by atoms with Crippen molar-refractivity contribution in [1.82, 2.24) is 0 Å². The van der Waals surface area contributed by atoms with Crippen molar-refractivity contribution in [3.63, 3.8) is 0 Å². The lowest BCUT2D eigenvalue weighted by Crippen LogP contribution is -2.16. The van der Waals surface area contributed by atoms with Gasteiger partial charge in [-0.1, -0.05) is 71.0 Å². The van der Waals surface area contributed by atoms with Crippen molar-refractivity contribution in [1.29, 1.82) is 0 Å². The monoisotopic (exact) mass is 296 g/mol. The zero-order chi connectivity index (χ0) is 15.6. The second-order valence-corrected chi connectivity index (χ2v) is 5.06. The second kappa shape index (κ2) is 8.62. The predicted molar refractivity (Wildman–Crippen MR) is 88.0 cm³/mol. The molecule has 0 saturated heterocycles. The summed E-state index contributed by atoms with van der Waals surface area (Å²) in [6, 6.07) is 19.9. The van der Waals surface area contributed by atoms with E-state index in [4.69, 9.17) is 0 Å². The molecule has 0 amide bonds. The summed E-state index contributed by atoms with van der Waals surface area (Å²) < 4.78 is 0. The van der Waals surface area contributed by atoms with Crippen LogP contribution >= 0.6 is 0 Å². The summed E-state index contributed by atoms with van der Waals surface area (Å²) in [5.74, 6) is 0. The van der Waals surface area contributed by atoms with Crippen LogP contribution in [0.2, 0.25) is 0 Å². The van der Waals surface area contributed by atoms with E-state index in [0.29, 0.717) is 24.3 Å². The number of oxime groups is 2. The molecule has 0 unspecified atom stereocenters. The topological polar surface area (TPSA) is 65.2 Å². The average Bonchev–Trinajstić information content (AvgIpc) is 2.59. The van der Waals surface area contributed by atoms with Crippen LogP contribution < -0.4 is 0 Å². The van der Waals surface area contributed by atoms with E-state index in [1.807, 2.05) is 60.7 Å². The van der Waals surface area contributed by atoms with Crippen molar-refractivity contribution in [3.05, 3.63) is 71.8 Å². The Labute approximate surface area is 130 Å². The van der Waals surface area contributed by atoms with Crippen molar-refractivity contribution in [2.24, 2.45) is 10.3 Å². The molecule has 2 N–H and O–H groups in total. The molecule has 0 aliphatic heterocycles. The van der Waals surface area contributed by atoms with Gasteiger partial charge < -0.3 is 10.4 Å². The highest BCUT2D eigenvalue weighted by Crippen LogP contribution is 2.08. The van der Waals surface area contributed by atoms with Gasteiger partial charge in [-0.3, -0.25) is 0 Å². The van der Waals surface area contributed by atoms with Crippen LogP contribution in [0.5, 0.6) is 0 Å². The minimum Gasteiger partial charge on any atom is -0.411 e. The fourth-order valence-corrected chi connectivity index (χ4v) is 2.32. The maximum absolute atomic E-state index is 9.20. The third-order valence-electron chi connectivity index (χ3n) is 3.56. The highest BCUT2D eigenvalue weighted by atomic mass is 16.4. The van der Waals surface area contributed by atoms with Crippen molar-refractivity contribution >= 4 is 11.4 Å². The number of aryl methyl sites for hydroxylation is 2. The predicted octanol–water partition coefficient (Wildman–Crippen LogP) is 3.91. The molecule has 4 heteroatoms. The first-order valence-corrected chi connectivity index (χ1v) is 7.33. The van der Waals surface area contributed by atoms with Crippen LogP contribution in [-0.4, -0.2) is 21.8 Å². The Morgan fingerprint density at radius 1 is 0.636 bits per heavy atom. The lowest BCUT2D eigenvalue weighted by molar-refractivity contribution is 0.312. The molecule has 0 aromatic heterocycles. The van der Waals surface area contributed by atoms with Crippen molar-refractivity contribution in [3.8, 4) is 0 Å². The first-order valence-electron chi connectivity index (χ1n) is 7.33. The summed E-state index contributed by atoms with van der Waals surface area (Å²) in [4.78, 5) is 0. The van der Waals surface area contributed by atoms with Gasteiger partial charge in [0.05, 0.1) is 0 Å². The van der Waals surface area contributed by atoms with Crippen LogP contribution in [0, 0.1) is 0 Å². The number of rotatable bonds is 7. The van der Waals surface area contributed by atoms with Gasteiger partial charge in [0.1, 0.15) is 11.4 Å². The van der Waals surface area contributed by atoms with Gasteiger partial charge >= 0.3 is 0 Å². The first kappa shape index (κ1) is 15.8. The molecule has 0 radical (unpaired) electrons. The summed E-state index contributed by atoms with van der Waals surface area (Å²) in [6.07, 6.45) is 2.55. The van der Waals surface area contributed by atoms with Crippen LogP contribution in [0.25, 0.3) is 0 Å². The Morgan fingerprint density at radius 3 is 1.32 bits per heavy atom. The zero-order valence-corrected chi connectivity index (χ0v) is 12.4. The van der Waals surface area contributed by atoms with Gasteiger partial charge in [0.2, 0.25) is 0 Å². The Balaban J connectivity index is 1.93. The number of hydrogen-bond donors (Lipinski definition) is 2. The van der Waals surface area contributed by atoms with E-state index in [1.54, 1.807) is 0 Å². The van der Waals surface area contributed by atoms with Crippen molar-refractivity contribution in [2.75, 3.05) is 0 Å². The SMILES string of the molecule is O/N=C(CCc1ccccc1)\C(CCc1ccccc1)=N/O. The van der Waals surface area contributed by atoms with Crippen LogP contribution in [-0.2, 0) is 12.8 Å². The average molecular weight is 296 g/mol. The van der Waals surface area contributed by atoms with E-state index in [2.05, 4.69) is 10.3 Å². The van der Waals surface area contributed by atoms with Crippen LogP contribution in [0.4, 0.5) is 0 Å². The van der Waals surface area contributed by atoms with E-state index < -0.39 is 0 Å². The molecular formula is C18H20N2O2. The third kappa shape index (κ3) is 4.74. The molecule has 0 bridgehead atoms. The fourth-order valence-electron chi connectivity index (χ4n) is 2.32. The number of benzene rings is 2. The Bertz CT molecular complexity index is 565. The molecular weight excluding hydrogens is 276 g/mol. The molecule has 0 aliphatic carbocycles. The van der Waals surface area contributed by atoms with Crippen LogP contribution in [0.15, 0.2) is 71.0 Å². The molecule has 114 valence electrons. The molecule has 2 aromatic rings. The van der Waals surface area contributed by atoms with Gasteiger partial charge in [-0.05, 0) is 36.8 Å². The summed E-state index contributed by atoms with van der Waals surface area (Å²) in [7, 11) is 0. The van der Waals surface area contributed by atoms with Gasteiger partial charge in [-0.2, -0.15) is 0 Å². The van der Waals surface area contributed by atoms with Crippen LogP contribution in [0.1, 0.15) is 24.0 Å². The molecule has 0 atom stereocenters. The van der Waals surface area contributed by atoms with E-state index in [-0.39, 0.29) is 0 Å². The lowest BCUT2D eigenvalue weighted by Gasteiger charge is -2.07. The van der Waals surface area contributed by atoms with E-state index in [9.17, 15) is 10.4 Å². The van der Waals surface area contributed by atoms with Gasteiger partial charge in [0.25, 0.3) is 0 Å². The van der Waals surface area contributed by atoms with Gasteiger partial charge in [0.15, 0.2) is 0 Å². The Hall–Kier alpha value is -2.62. The Morgan fingerprint density at radius 2 is 1.00 bits per heavy atom. The second-order valence-electron chi connectivity index (χ2n) is 5.06. The number of nitrogens with zero attached hydrogens (tertiary/aromatic N) is 2. The summed E-state index contributed by atoms with van der Waals surface area (Å²) in [5.41, 5.74) is 3.18. The minimum absolute atomic E-state index is 0.433. The highest BCUT2D eigenvalue weighted by molar-refractivity contribution is 6.42. The summed E-state index contributed by atoms with van der Waals surface area (Å²) >= 11 is 0. The molecule has 2 rings (SSSR count). The molecule has 0 aliphatic rings. The molecule has 0 saturated carbocycles. The highest BCUT2D eigenvalue weighted by Gasteiger charge is 2.11. The van der Waals surface area contributed by atoms with E-state index in [1.165, 1.54) is 0 Å². The maximum atomic E-state index is 9.20. The third-order valence-corrected chi connectivity index (χ3v) is 3.56. The van der Waals surface area contributed by atoms with Crippen molar-refractivity contribution < 1.29 is 10.4 Å². The maximum Gasteiger partial charge on any atom is 0.105 e. The van der Waals surface area contributed by atoms with Crippen LogP contribution in [0.3, 0.4) is 0 Å². The lowest BCUT2D eigenvalue weighted by atomic mass is 10.00. The quantitative estimate of drug-likeness (QED) is 0.462. The fraction of sp³-hybridized carbons (Fsp3) is 0.222. The largest absolute Gasteiger partial charge is 0.411 e. The first-order chi connectivity index (χ1) is 10.8. The standard InChI is InChI=1S/C18H20N2O2/c21-19-17(13-11-15-7-3-1-4-8-15)18(20-22)14-12-16-9-5-2-6-10-16/h1-10,21-22H,11-14H2/b19-17-,20-18-. The zero-order valence-electron chi connectivity index (χ0n) is 12.4. The molecule has 4 nitrogen and oxygen atoms in total. The van der Waals surface area contributed by atoms with E-state index in [0.717, 1.165) is 24.0 Å². The summed E-state index contributed by atoms with van der Waals surface area (Å²) in [6.45, 7) is 0. The molecule has 0 fully saturated rings. The van der Waals surface area contributed by atoms with Gasteiger partial charge in [-0.25, -0.2) is 0 Å². The Kier molecular flexibility index (Phi) is 6.18. The molecule has 0 heterocycles. The van der Waals surface area contributed by atoms with Crippen molar-refractivity contribution in [2.45, 2.75) is 25.7 Å². The summed E-state index contributed by atoms with van der Waals surface area (Å²) in [5, 5.41) is 25.0. The smallest absolute Gasteiger partial charge is 0.105 e. The molecule has 2 aromatic carbocycles. The van der Waals surface area contributed by atoms with Gasteiger partial charge in [-0.15, -0.1) is 0 Å². The van der Waals surface area contributed by atoms with Gasteiger partial charge in [0, 0.05) is 0 Å². The normalized spacial score (nSPS) is 12.4.